The van der Waals surface area contributed by atoms with E-state index in [0.29, 0.717) is 0 Å². The molecule has 0 aromatic heterocycles. The molecule has 1 aromatic rings. The highest BCUT2D eigenvalue weighted by Gasteiger charge is 2.40. The van der Waals surface area contributed by atoms with Gasteiger partial charge in [0.2, 0.25) is 5.91 Å². The summed E-state index contributed by atoms with van der Waals surface area (Å²) in [5.41, 5.74) is 5.23. The normalized spacial score (nSPS) is 16.9. The van der Waals surface area contributed by atoms with Gasteiger partial charge >= 0.3 is 0 Å². The standard InChI is InChI=1S/C14H16FN3O/c15-11-4-3-5-12(10(11)8-16)18-13(19)14(9-17)6-1-2-7-14/h3-5H,1-2,6-7,9,17H2,(H,18,19). The highest BCUT2D eigenvalue weighted by Crippen LogP contribution is 2.38. The molecule has 0 heterocycles. The van der Waals surface area contributed by atoms with Gasteiger partial charge < -0.3 is 11.1 Å². The van der Waals surface area contributed by atoms with Crippen molar-refractivity contribution < 1.29 is 9.18 Å². The number of halogens is 1. The molecule has 0 atom stereocenters. The van der Waals surface area contributed by atoms with Crippen molar-refractivity contribution in [3.8, 4) is 6.07 Å². The Morgan fingerprint density at radius 1 is 1.47 bits per heavy atom. The van der Waals surface area contributed by atoms with E-state index in [1.165, 1.54) is 18.2 Å². The Hall–Kier alpha value is -1.93. The number of rotatable bonds is 3. The van der Waals surface area contributed by atoms with Gasteiger partial charge in [-0.25, -0.2) is 4.39 Å². The summed E-state index contributed by atoms with van der Waals surface area (Å²) < 4.78 is 13.5. The van der Waals surface area contributed by atoms with E-state index in [1.54, 1.807) is 6.07 Å². The van der Waals surface area contributed by atoms with Gasteiger partial charge in [0.05, 0.1) is 11.1 Å². The van der Waals surface area contributed by atoms with Crippen LogP contribution in [0.5, 0.6) is 0 Å². The predicted octanol–water partition coefficient (Wildman–Crippen LogP) is 2.15. The van der Waals surface area contributed by atoms with Crippen LogP contribution in [0.2, 0.25) is 0 Å². The molecule has 1 aromatic carbocycles. The molecule has 0 saturated heterocycles. The molecule has 0 unspecified atom stereocenters. The minimum absolute atomic E-state index is 0.138. The summed E-state index contributed by atoms with van der Waals surface area (Å²) >= 11 is 0. The van der Waals surface area contributed by atoms with Crippen molar-refractivity contribution in [2.45, 2.75) is 25.7 Å². The van der Waals surface area contributed by atoms with Crippen molar-refractivity contribution in [2.24, 2.45) is 11.1 Å². The second kappa shape index (κ2) is 5.37. The number of anilines is 1. The highest BCUT2D eigenvalue weighted by molar-refractivity contribution is 5.96. The highest BCUT2D eigenvalue weighted by atomic mass is 19.1. The Morgan fingerprint density at radius 2 is 2.16 bits per heavy atom. The largest absolute Gasteiger partial charge is 0.329 e. The number of nitrogens with two attached hydrogens (primary N) is 1. The molecule has 1 amide bonds. The first kappa shape index (κ1) is 13.5. The second-order valence-electron chi connectivity index (χ2n) is 4.92. The van der Waals surface area contributed by atoms with E-state index in [4.69, 9.17) is 11.0 Å². The van der Waals surface area contributed by atoms with E-state index in [-0.39, 0.29) is 23.7 Å². The molecule has 1 fully saturated rings. The molecule has 4 nitrogen and oxygen atoms in total. The third-order valence-corrected chi connectivity index (χ3v) is 3.81. The third kappa shape index (κ3) is 2.45. The van der Waals surface area contributed by atoms with Crippen molar-refractivity contribution in [1.29, 1.82) is 5.26 Å². The van der Waals surface area contributed by atoms with E-state index in [9.17, 15) is 9.18 Å². The lowest BCUT2D eigenvalue weighted by molar-refractivity contribution is -0.124. The van der Waals surface area contributed by atoms with Gasteiger partial charge in [-0.3, -0.25) is 4.79 Å². The Bertz CT molecular complexity index is 530. The zero-order chi connectivity index (χ0) is 13.9. The SMILES string of the molecule is N#Cc1c(F)cccc1NC(=O)C1(CN)CCCC1. The zero-order valence-electron chi connectivity index (χ0n) is 10.6. The van der Waals surface area contributed by atoms with Crippen molar-refractivity contribution in [1.82, 2.24) is 0 Å². The lowest BCUT2D eigenvalue weighted by Gasteiger charge is -2.25. The van der Waals surface area contributed by atoms with E-state index in [2.05, 4.69) is 5.32 Å². The number of benzene rings is 1. The Balaban J connectivity index is 2.24. The van der Waals surface area contributed by atoms with Crippen molar-refractivity contribution >= 4 is 11.6 Å². The average Bonchev–Trinajstić information content (AvgIpc) is 2.89. The van der Waals surface area contributed by atoms with Crippen LogP contribution in [0.15, 0.2) is 18.2 Å². The number of carbonyl (C=O) groups is 1. The minimum Gasteiger partial charge on any atom is -0.329 e. The molecule has 5 heteroatoms. The number of nitrogens with one attached hydrogen (secondary N) is 1. The van der Waals surface area contributed by atoms with Crippen LogP contribution in [0.4, 0.5) is 10.1 Å². The molecule has 1 aliphatic carbocycles. The summed E-state index contributed by atoms with van der Waals surface area (Å²) in [7, 11) is 0. The van der Waals surface area contributed by atoms with Crippen LogP contribution < -0.4 is 11.1 Å². The Labute approximate surface area is 111 Å². The van der Waals surface area contributed by atoms with Gasteiger partial charge in [-0.2, -0.15) is 5.26 Å². The maximum absolute atomic E-state index is 13.5. The van der Waals surface area contributed by atoms with Gasteiger partial charge in [0.15, 0.2) is 0 Å². The van der Waals surface area contributed by atoms with Crippen molar-refractivity contribution in [2.75, 3.05) is 11.9 Å². The summed E-state index contributed by atoms with van der Waals surface area (Å²) in [6.07, 6.45) is 3.43. The molecule has 100 valence electrons. The lowest BCUT2D eigenvalue weighted by atomic mass is 9.85. The smallest absolute Gasteiger partial charge is 0.231 e. The van der Waals surface area contributed by atoms with Gasteiger partial charge in [-0.15, -0.1) is 0 Å². The quantitative estimate of drug-likeness (QED) is 0.875. The third-order valence-electron chi connectivity index (χ3n) is 3.81. The van der Waals surface area contributed by atoms with Gasteiger partial charge in [-0.1, -0.05) is 18.9 Å². The van der Waals surface area contributed by atoms with E-state index in [1.807, 2.05) is 0 Å². The molecule has 0 radical (unpaired) electrons. The van der Waals surface area contributed by atoms with Gasteiger partial charge in [0.25, 0.3) is 0 Å². The Morgan fingerprint density at radius 3 is 2.74 bits per heavy atom. The zero-order valence-corrected chi connectivity index (χ0v) is 10.6. The van der Waals surface area contributed by atoms with Crippen LogP contribution in [-0.4, -0.2) is 12.5 Å². The van der Waals surface area contributed by atoms with E-state index in [0.717, 1.165) is 25.7 Å². The average molecular weight is 261 g/mol. The number of carbonyl (C=O) groups excluding carboxylic acids is 1. The molecule has 3 N–H and O–H groups in total. The molecular weight excluding hydrogens is 245 g/mol. The predicted molar refractivity (Wildman–Crippen MR) is 69.7 cm³/mol. The van der Waals surface area contributed by atoms with E-state index < -0.39 is 11.2 Å². The number of nitrogens with zero attached hydrogens (tertiary/aromatic N) is 1. The molecule has 0 aliphatic heterocycles. The van der Waals surface area contributed by atoms with Crippen LogP contribution in [0.25, 0.3) is 0 Å². The maximum atomic E-state index is 13.5. The second-order valence-corrected chi connectivity index (χ2v) is 4.92. The van der Waals surface area contributed by atoms with Crippen LogP contribution in [-0.2, 0) is 4.79 Å². The fourth-order valence-corrected chi connectivity index (χ4v) is 2.57. The fourth-order valence-electron chi connectivity index (χ4n) is 2.57. The van der Waals surface area contributed by atoms with E-state index >= 15 is 0 Å². The molecular formula is C14H16FN3O. The molecule has 0 spiro atoms. The summed E-state index contributed by atoms with van der Waals surface area (Å²) in [4.78, 5) is 12.3. The van der Waals surface area contributed by atoms with Crippen molar-refractivity contribution in [3.05, 3.63) is 29.6 Å². The fraction of sp³-hybridized carbons (Fsp3) is 0.429. The molecule has 1 saturated carbocycles. The first-order valence-electron chi connectivity index (χ1n) is 6.33. The number of hydrogen-bond acceptors (Lipinski definition) is 3. The molecule has 2 rings (SSSR count). The summed E-state index contributed by atoms with van der Waals surface area (Å²) in [6, 6.07) is 5.96. The summed E-state index contributed by atoms with van der Waals surface area (Å²) in [5.74, 6) is -0.844. The molecule has 19 heavy (non-hydrogen) atoms. The van der Waals surface area contributed by atoms with Crippen LogP contribution >= 0.6 is 0 Å². The number of hydrogen-bond donors (Lipinski definition) is 2. The first-order chi connectivity index (χ1) is 9.13. The number of amides is 1. The van der Waals surface area contributed by atoms with Gasteiger partial charge in [-0.05, 0) is 25.0 Å². The lowest BCUT2D eigenvalue weighted by Crippen LogP contribution is -2.40. The monoisotopic (exact) mass is 261 g/mol. The molecule has 1 aliphatic rings. The number of nitriles is 1. The van der Waals surface area contributed by atoms with Gasteiger partial charge in [0, 0.05) is 6.54 Å². The van der Waals surface area contributed by atoms with Crippen LogP contribution in [0, 0.1) is 22.6 Å². The van der Waals surface area contributed by atoms with Gasteiger partial charge in [0.1, 0.15) is 17.4 Å². The molecule has 0 bridgehead atoms. The summed E-state index contributed by atoms with van der Waals surface area (Å²) in [5, 5.41) is 11.6. The Kier molecular flexibility index (Phi) is 3.82. The minimum atomic E-state index is -0.631. The van der Waals surface area contributed by atoms with Crippen LogP contribution in [0.1, 0.15) is 31.2 Å². The van der Waals surface area contributed by atoms with Crippen molar-refractivity contribution in [3.63, 3.8) is 0 Å². The first-order valence-corrected chi connectivity index (χ1v) is 6.33. The van der Waals surface area contributed by atoms with Crippen LogP contribution in [0.3, 0.4) is 0 Å². The maximum Gasteiger partial charge on any atom is 0.231 e. The topological polar surface area (TPSA) is 78.9 Å². The summed E-state index contributed by atoms with van der Waals surface area (Å²) in [6.45, 7) is 0.274.